The van der Waals surface area contributed by atoms with Gasteiger partial charge in [0.25, 0.3) is 0 Å². The van der Waals surface area contributed by atoms with Crippen LogP contribution in [0.5, 0.6) is 0 Å². The highest BCUT2D eigenvalue weighted by atomic mass is 32.2. The van der Waals surface area contributed by atoms with Gasteiger partial charge in [-0.05, 0) is 59.3 Å². The number of fused-ring (bicyclic) bond motifs is 1. The van der Waals surface area contributed by atoms with Crippen molar-refractivity contribution in [1.82, 2.24) is 0 Å². The molecule has 0 saturated heterocycles. The standard InChI is InChI=1S/C26H24O2S2/c1-18-11-15-22(16-12-18)30(28)24-10-6-5-9-23(24)26(29-2)25(27)21-14-13-19-7-3-4-8-20(19)17-21/h3-17,25-27H,1-2H3/t25?,26-,30+/m1/s1. The van der Waals surface area contributed by atoms with Crippen molar-refractivity contribution < 1.29 is 9.32 Å². The molecule has 3 atom stereocenters. The number of rotatable bonds is 6. The van der Waals surface area contributed by atoms with Gasteiger partial charge in [-0.3, -0.25) is 0 Å². The van der Waals surface area contributed by atoms with E-state index in [2.05, 4.69) is 12.1 Å². The summed E-state index contributed by atoms with van der Waals surface area (Å²) >= 11 is 1.58. The minimum atomic E-state index is -1.31. The maximum Gasteiger partial charge on any atom is 0.0949 e. The maximum atomic E-state index is 13.4. The molecule has 4 aromatic rings. The topological polar surface area (TPSA) is 37.3 Å². The summed E-state index contributed by atoms with van der Waals surface area (Å²) in [5.74, 6) is 0. The summed E-state index contributed by atoms with van der Waals surface area (Å²) in [6.45, 7) is 2.02. The van der Waals surface area contributed by atoms with Crippen LogP contribution in [-0.4, -0.2) is 15.6 Å². The Balaban J connectivity index is 1.72. The van der Waals surface area contributed by atoms with E-state index in [0.717, 1.165) is 37.3 Å². The van der Waals surface area contributed by atoms with Gasteiger partial charge < -0.3 is 5.11 Å². The molecule has 0 radical (unpaired) electrons. The lowest BCUT2D eigenvalue weighted by atomic mass is 9.98. The van der Waals surface area contributed by atoms with E-state index >= 15 is 0 Å². The highest BCUT2D eigenvalue weighted by molar-refractivity contribution is 7.98. The molecule has 0 aliphatic rings. The van der Waals surface area contributed by atoms with E-state index in [9.17, 15) is 9.32 Å². The number of hydrogen-bond acceptors (Lipinski definition) is 3. The van der Waals surface area contributed by atoms with Gasteiger partial charge in [-0.1, -0.05) is 72.3 Å². The third-order valence-corrected chi connectivity index (χ3v) is 7.81. The summed E-state index contributed by atoms with van der Waals surface area (Å²) in [6.07, 6.45) is 1.28. The molecule has 0 fully saturated rings. The van der Waals surface area contributed by atoms with E-state index in [-0.39, 0.29) is 5.25 Å². The predicted octanol–water partition coefficient (Wildman–Crippen LogP) is 6.45. The molecule has 0 aliphatic carbocycles. The molecule has 2 nitrogen and oxygen atoms in total. The lowest BCUT2D eigenvalue weighted by Gasteiger charge is -2.24. The maximum absolute atomic E-state index is 13.4. The predicted molar refractivity (Wildman–Crippen MR) is 127 cm³/mol. The lowest BCUT2D eigenvalue weighted by molar-refractivity contribution is 0.174. The zero-order valence-electron chi connectivity index (χ0n) is 17.0. The van der Waals surface area contributed by atoms with E-state index < -0.39 is 16.9 Å². The summed E-state index contributed by atoms with van der Waals surface area (Å²) < 4.78 is 13.4. The molecule has 30 heavy (non-hydrogen) atoms. The summed E-state index contributed by atoms with van der Waals surface area (Å²) in [6, 6.07) is 29.7. The second-order valence-electron chi connectivity index (χ2n) is 7.33. The van der Waals surface area contributed by atoms with Gasteiger partial charge in [-0.15, -0.1) is 0 Å². The van der Waals surface area contributed by atoms with Crippen molar-refractivity contribution in [2.24, 2.45) is 0 Å². The van der Waals surface area contributed by atoms with Crippen molar-refractivity contribution in [2.45, 2.75) is 28.1 Å². The van der Waals surface area contributed by atoms with Crippen molar-refractivity contribution >= 4 is 33.3 Å². The summed E-state index contributed by atoms with van der Waals surface area (Å²) in [4.78, 5) is 1.52. The van der Waals surface area contributed by atoms with Gasteiger partial charge in [0.2, 0.25) is 0 Å². The fourth-order valence-corrected chi connectivity index (χ4v) is 5.86. The first kappa shape index (κ1) is 20.9. The molecule has 1 N–H and O–H groups in total. The van der Waals surface area contributed by atoms with Crippen molar-refractivity contribution in [3.8, 4) is 0 Å². The zero-order chi connectivity index (χ0) is 21.1. The van der Waals surface area contributed by atoms with Crippen LogP contribution in [0.25, 0.3) is 10.8 Å². The Morgan fingerprint density at radius 2 is 1.50 bits per heavy atom. The van der Waals surface area contributed by atoms with Crippen molar-refractivity contribution in [2.75, 3.05) is 6.26 Å². The monoisotopic (exact) mass is 432 g/mol. The quantitative estimate of drug-likeness (QED) is 0.380. The van der Waals surface area contributed by atoms with Crippen LogP contribution in [0.2, 0.25) is 0 Å². The summed E-state index contributed by atoms with van der Waals surface area (Å²) in [5.41, 5.74) is 2.91. The van der Waals surface area contributed by atoms with Crippen molar-refractivity contribution in [1.29, 1.82) is 0 Å². The van der Waals surface area contributed by atoms with Crippen LogP contribution in [0.1, 0.15) is 28.0 Å². The molecule has 152 valence electrons. The Morgan fingerprint density at radius 3 is 2.23 bits per heavy atom. The number of hydrogen-bond donors (Lipinski definition) is 1. The van der Waals surface area contributed by atoms with Crippen LogP contribution < -0.4 is 0 Å². The molecule has 0 aliphatic heterocycles. The average molecular weight is 433 g/mol. The second-order valence-corrected chi connectivity index (χ2v) is 9.76. The highest BCUT2D eigenvalue weighted by Crippen LogP contribution is 2.42. The number of thioether (sulfide) groups is 1. The Kier molecular flexibility index (Phi) is 6.38. The molecule has 0 saturated carbocycles. The Hall–Kier alpha value is -2.40. The van der Waals surface area contributed by atoms with Crippen molar-refractivity contribution in [3.05, 3.63) is 108 Å². The number of aliphatic hydroxyl groups excluding tert-OH is 1. The minimum absolute atomic E-state index is 0.225. The highest BCUT2D eigenvalue weighted by Gasteiger charge is 2.26. The molecule has 4 heteroatoms. The number of aliphatic hydroxyl groups is 1. The largest absolute Gasteiger partial charge is 0.387 e. The van der Waals surface area contributed by atoms with E-state index in [1.807, 2.05) is 92.0 Å². The molecule has 0 amide bonds. The van der Waals surface area contributed by atoms with Crippen LogP contribution in [0.4, 0.5) is 0 Å². The summed E-state index contributed by atoms with van der Waals surface area (Å²) in [7, 11) is -1.31. The number of benzene rings is 4. The molecule has 0 bridgehead atoms. The first-order valence-corrected chi connectivity index (χ1v) is 12.3. The summed E-state index contributed by atoms with van der Waals surface area (Å²) in [5, 5.41) is 13.3. The van der Waals surface area contributed by atoms with E-state index in [1.54, 1.807) is 11.8 Å². The molecule has 1 unspecified atom stereocenters. The van der Waals surface area contributed by atoms with Gasteiger partial charge in [-0.25, -0.2) is 4.21 Å². The fourth-order valence-electron chi connectivity index (χ4n) is 3.67. The fraction of sp³-hybridized carbons (Fsp3) is 0.154. The SMILES string of the molecule is CS[C@H](c1ccccc1[S@@](=O)c1ccc(C)cc1)C(O)c1ccc2ccccc2c1. The van der Waals surface area contributed by atoms with Crippen LogP contribution in [0.3, 0.4) is 0 Å². The minimum Gasteiger partial charge on any atom is -0.387 e. The lowest BCUT2D eigenvalue weighted by Crippen LogP contribution is -2.11. The normalized spacial score (nSPS) is 14.4. The smallest absolute Gasteiger partial charge is 0.0949 e. The van der Waals surface area contributed by atoms with Crippen LogP contribution in [0.15, 0.2) is 101 Å². The van der Waals surface area contributed by atoms with Crippen molar-refractivity contribution in [3.63, 3.8) is 0 Å². The van der Waals surface area contributed by atoms with Gasteiger partial charge in [0, 0.05) is 9.79 Å². The van der Waals surface area contributed by atoms with E-state index in [4.69, 9.17) is 0 Å². The molecule has 4 rings (SSSR count). The van der Waals surface area contributed by atoms with Crippen LogP contribution in [0, 0.1) is 6.92 Å². The van der Waals surface area contributed by atoms with E-state index in [1.165, 1.54) is 0 Å². The molecular formula is C26H24O2S2. The second kappa shape index (κ2) is 9.17. The van der Waals surface area contributed by atoms with Crippen LogP contribution in [-0.2, 0) is 10.8 Å². The number of aryl methyl sites for hydroxylation is 1. The average Bonchev–Trinajstić information content (AvgIpc) is 2.79. The third-order valence-electron chi connectivity index (χ3n) is 5.32. The first-order valence-electron chi connectivity index (χ1n) is 9.85. The Labute approximate surface area is 184 Å². The molecule has 0 aromatic heterocycles. The van der Waals surface area contributed by atoms with E-state index in [0.29, 0.717) is 0 Å². The molecular weight excluding hydrogens is 408 g/mol. The molecule has 4 aromatic carbocycles. The Morgan fingerprint density at radius 1 is 0.833 bits per heavy atom. The van der Waals surface area contributed by atoms with Gasteiger partial charge in [0.05, 0.1) is 22.2 Å². The van der Waals surface area contributed by atoms with Gasteiger partial charge in [-0.2, -0.15) is 11.8 Å². The van der Waals surface area contributed by atoms with Gasteiger partial charge in [0.1, 0.15) is 0 Å². The third kappa shape index (κ3) is 4.22. The van der Waals surface area contributed by atoms with Crippen LogP contribution >= 0.6 is 11.8 Å². The molecule has 0 spiro atoms. The molecule has 0 heterocycles. The Bertz CT molecular complexity index is 1190. The van der Waals surface area contributed by atoms with Gasteiger partial charge in [0.15, 0.2) is 0 Å². The zero-order valence-corrected chi connectivity index (χ0v) is 18.6. The van der Waals surface area contributed by atoms with Gasteiger partial charge >= 0.3 is 0 Å². The first-order chi connectivity index (χ1) is 14.6.